The van der Waals surface area contributed by atoms with Crippen molar-refractivity contribution < 1.29 is 17.9 Å². The number of hydrogen-bond acceptors (Lipinski definition) is 1. The van der Waals surface area contributed by atoms with Crippen molar-refractivity contribution in [2.75, 3.05) is 0 Å². The number of alkyl halides is 3. The van der Waals surface area contributed by atoms with Gasteiger partial charge in [0.05, 0.1) is 0 Å². The van der Waals surface area contributed by atoms with Crippen LogP contribution in [0.15, 0.2) is 79.0 Å². The highest BCUT2D eigenvalue weighted by molar-refractivity contribution is 5.95. The van der Waals surface area contributed by atoms with Gasteiger partial charge in [-0.3, -0.25) is 0 Å². The normalized spacial score (nSPS) is 11.7. The quantitative estimate of drug-likeness (QED) is 0.428. The van der Waals surface area contributed by atoms with Gasteiger partial charge in [-0.05, 0) is 34.9 Å². The molecule has 0 saturated heterocycles. The van der Waals surface area contributed by atoms with Crippen molar-refractivity contribution in [1.82, 2.24) is 4.57 Å². The molecule has 1 aromatic heterocycles. The smallest absolute Gasteiger partial charge is 0.406 e. The van der Waals surface area contributed by atoms with Crippen LogP contribution in [0.2, 0.25) is 0 Å². The summed E-state index contributed by atoms with van der Waals surface area (Å²) in [7, 11) is 0. The highest BCUT2D eigenvalue weighted by Gasteiger charge is 2.30. The number of ether oxygens (including phenoxy) is 1. The van der Waals surface area contributed by atoms with Gasteiger partial charge in [-0.1, -0.05) is 54.6 Å². The molecule has 1 radical (unpaired) electrons. The summed E-state index contributed by atoms with van der Waals surface area (Å²) < 4.78 is 43.0. The zero-order valence-corrected chi connectivity index (χ0v) is 14.2. The molecule has 4 rings (SSSR count). The van der Waals surface area contributed by atoms with Gasteiger partial charge in [-0.15, -0.1) is 13.2 Å². The number of nitrogens with zero attached hydrogens (tertiary/aromatic N) is 1. The Kier molecular flexibility index (Phi) is 4.36. The van der Waals surface area contributed by atoms with Gasteiger partial charge in [0.15, 0.2) is 0 Å². The minimum Gasteiger partial charge on any atom is -0.406 e. The molecule has 0 unspecified atom stereocenters. The number of halogens is 3. The van der Waals surface area contributed by atoms with Crippen molar-refractivity contribution >= 4 is 10.9 Å². The average molecular weight is 366 g/mol. The molecule has 0 saturated carbocycles. The van der Waals surface area contributed by atoms with Crippen LogP contribution in [0.5, 0.6) is 5.75 Å². The maximum absolute atomic E-state index is 12.3. The van der Waals surface area contributed by atoms with Gasteiger partial charge in [0, 0.05) is 29.7 Å². The highest BCUT2D eigenvalue weighted by Crippen LogP contribution is 2.31. The molecule has 1 heterocycles. The zero-order valence-electron chi connectivity index (χ0n) is 14.2. The maximum Gasteiger partial charge on any atom is 0.573 e. The molecule has 0 aliphatic rings. The molecule has 27 heavy (non-hydrogen) atoms. The molecule has 5 heteroatoms. The van der Waals surface area contributed by atoms with E-state index in [0.29, 0.717) is 0 Å². The van der Waals surface area contributed by atoms with E-state index < -0.39 is 6.36 Å². The largest absolute Gasteiger partial charge is 0.573 e. The van der Waals surface area contributed by atoms with E-state index in [4.69, 9.17) is 0 Å². The molecule has 0 aliphatic heterocycles. The summed E-state index contributed by atoms with van der Waals surface area (Å²) in [6, 6.07) is 25.2. The molecule has 0 fully saturated rings. The van der Waals surface area contributed by atoms with E-state index in [0.717, 1.165) is 28.6 Å². The van der Waals surface area contributed by atoms with E-state index in [2.05, 4.69) is 27.5 Å². The highest BCUT2D eigenvalue weighted by atomic mass is 19.4. The van der Waals surface area contributed by atoms with E-state index in [9.17, 15) is 13.2 Å². The summed E-state index contributed by atoms with van der Waals surface area (Å²) in [5, 5.41) is 0.929. The topological polar surface area (TPSA) is 14.2 Å². The van der Waals surface area contributed by atoms with Crippen molar-refractivity contribution in [1.29, 1.82) is 0 Å². The Labute approximate surface area is 154 Å². The van der Waals surface area contributed by atoms with E-state index in [1.165, 1.54) is 17.7 Å². The fourth-order valence-corrected chi connectivity index (χ4v) is 3.13. The molecule has 135 valence electrons. The van der Waals surface area contributed by atoms with E-state index in [1.54, 1.807) is 12.1 Å². The summed E-state index contributed by atoms with van der Waals surface area (Å²) in [5.41, 5.74) is 3.93. The zero-order chi connectivity index (χ0) is 18.9. The van der Waals surface area contributed by atoms with E-state index in [1.807, 2.05) is 42.6 Å². The van der Waals surface area contributed by atoms with Gasteiger partial charge in [0.1, 0.15) is 5.75 Å². The third kappa shape index (κ3) is 3.82. The standard InChI is InChI=1S/C22H15F3NO/c23-22(24,25)27-18-11-9-17(10-12-18)19-7-4-8-21-20(19)13-14-26(21)15-16-5-2-1-3-6-16/h1-12,14H,15H2. The van der Waals surface area contributed by atoms with Crippen LogP contribution >= 0.6 is 0 Å². The summed E-state index contributed by atoms with van der Waals surface area (Å²) in [6.45, 7) is 0.725. The van der Waals surface area contributed by atoms with Gasteiger partial charge in [-0.2, -0.15) is 0 Å². The summed E-state index contributed by atoms with van der Waals surface area (Å²) in [5.74, 6) is -0.232. The predicted octanol–water partition coefficient (Wildman–Crippen LogP) is 6.06. The Balaban J connectivity index is 1.67. The Morgan fingerprint density at radius 2 is 1.59 bits per heavy atom. The van der Waals surface area contributed by atoms with Crippen molar-refractivity contribution in [2.24, 2.45) is 0 Å². The van der Waals surface area contributed by atoms with Gasteiger partial charge in [0.2, 0.25) is 0 Å². The number of aromatic nitrogens is 1. The van der Waals surface area contributed by atoms with Gasteiger partial charge in [0.25, 0.3) is 0 Å². The minimum atomic E-state index is -4.69. The van der Waals surface area contributed by atoms with Gasteiger partial charge < -0.3 is 9.30 Å². The fourth-order valence-electron chi connectivity index (χ4n) is 3.13. The van der Waals surface area contributed by atoms with E-state index in [-0.39, 0.29) is 5.75 Å². The first-order valence-electron chi connectivity index (χ1n) is 8.39. The van der Waals surface area contributed by atoms with Crippen molar-refractivity contribution in [3.05, 3.63) is 90.6 Å². The second-order valence-electron chi connectivity index (χ2n) is 6.16. The molecule has 0 bridgehead atoms. The Morgan fingerprint density at radius 3 is 2.30 bits per heavy atom. The predicted molar refractivity (Wildman–Crippen MR) is 98.4 cm³/mol. The van der Waals surface area contributed by atoms with Crippen LogP contribution < -0.4 is 4.74 Å². The van der Waals surface area contributed by atoms with Crippen molar-refractivity contribution in [3.8, 4) is 16.9 Å². The van der Waals surface area contributed by atoms with Gasteiger partial charge in [-0.25, -0.2) is 0 Å². The summed E-state index contributed by atoms with van der Waals surface area (Å²) >= 11 is 0. The molecule has 4 aromatic rings. The first kappa shape index (κ1) is 17.2. The average Bonchev–Trinajstić information content (AvgIpc) is 3.05. The van der Waals surface area contributed by atoms with Crippen LogP contribution in [0, 0.1) is 6.07 Å². The lowest BCUT2D eigenvalue weighted by atomic mass is 10.0. The lowest BCUT2D eigenvalue weighted by Gasteiger charge is -2.10. The van der Waals surface area contributed by atoms with Gasteiger partial charge >= 0.3 is 6.36 Å². The molecule has 0 atom stereocenters. The second kappa shape index (κ2) is 6.83. The number of rotatable bonds is 4. The lowest BCUT2D eigenvalue weighted by Crippen LogP contribution is -2.16. The number of hydrogen-bond donors (Lipinski definition) is 0. The summed E-state index contributed by atoms with van der Waals surface area (Å²) in [4.78, 5) is 0. The molecular formula is C22H15F3NO. The SMILES string of the molecule is FC(F)(F)Oc1ccc(-c2cccc3c2[c]cn3Cc2ccccc2)cc1. The maximum atomic E-state index is 12.3. The lowest BCUT2D eigenvalue weighted by molar-refractivity contribution is -0.274. The third-order valence-electron chi connectivity index (χ3n) is 4.31. The third-order valence-corrected chi connectivity index (χ3v) is 4.31. The summed E-state index contributed by atoms with van der Waals surface area (Å²) in [6.07, 6.45) is -2.79. The fraction of sp³-hybridized carbons (Fsp3) is 0.0909. The van der Waals surface area contributed by atoms with Crippen LogP contribution in [-0.4, -0.2) is 10.9 Å². The molecule has 0 aliphatic carbocycles. The number of benzene rings is 3. The first-order chi connectivity index (χ1) is 13.0. The minimum absolute atomic E-state index is 0.232. The molecule has 0 amide bonds. The molecule has 2 nitrogen and oxygen atoms in total. The first-order valence-corrected chi connectivity index (χ1v) is 8.39. The molecule has 0 spiro atoms. The van der Waals surface area contributed by atoms with Crippen LogP contribution in [-0.2, 0) is 6.54 Å². The number of fused-ring (bicyclic) bond motifs is 1. The van der Waals surface area contributed by atoms with Crippen LogP contribution in [0.3, 0.4) is 0 Å². The Morgan fingerprint density at radius 1 is 0.852 bits per heavy atom. The van der Waals surface area contributed by atoms with Crippen LogP contribution in [0.4, 0.5) is 13.2 Å². The van der Waals surface area contributed by atoms with Crippen molar-refractivity contribution in [2.45, 2.75) is 12.9 Å². The monoisotopic (exact) mass is 366 g/mol. The Bertz CT molecular complexity index is 1050. The van der Waals surface area contributed by atoms with Crippen molar-refractivity contribution in [3.63, 3.8) is 0 Å². The Hall–Kier alpha value is -3.21. The van der Waals surface area contributed by atoms with Crippen LogP contribution in [0.1, 0.15) is 5.56 Å². The molecule has 3 aromatic carbocycles. The molecule has 0 N–H and O–H groups in total. The van der Waals surface area contributed by atoms with E-state index >= 15 is 0 Å². The second-order valence-corrected chi connectivity index (χ2v) is 6.16. The van der Waals surface area contributed by atoms with Crippen LogP contribution in [0.25, 0.3) is 22.0 Å². The molecular weight excluding hydrogens is 351 g/mol.